The van der Waals surface area contributed by atoms with Crippen LogP contribution in [-0.2, 0) is 6.42 Å². The van der Waals surface area contributed by atoms with E-state index in [1.165, 1.54) is 18.4 Å². The van der Waals surface area contributed by atoms with Gasteiger partial charge in [-0.3, -0.25) is 0 Å². The van der Waals surface area contributed by atoms with Crippen molar-refractivity contribution in [3.05, 3.63) is 29.8 Å². The first-order valence-corrected chi connectivity index (χ1v) is 5.70. The largest absolute Gasteiger partial charge is 0.497 e. The van der Waals surface area contributed by atoms with E-state index in [9.17, 15) is 0 Å². The van der Waals surface area contributed by atoms with E-state index < -0.39 is 0 Å². The van der Waals surface area contributed by atoms with Crippen molar-refractivity contribution in [2.75, 3.05) is 7.11 Å². The molecule has 0 saturated heterocycles. The summed E-state index contributed by atoms with van der Waals surface area (Å²) in [6.07, 6.45) is 3.64. The van der Waals surface area contributed by atoms with Crippen molar-refractivity contribution in [2.45, 2.75) is 40.0 Å². The monoisotopic (exact) mass is 206 g/mol. The Morgan fingerprint density at radius 2 is 2.00 bits per heavy atom. The SMILES string of the molecule is CCCC(C)(C)Cc1cccc(OC)c1. The number of hydrogen-bond donors (Lipinski definition) is 0. The molecule has 0 aromatic heterocycles. The molecular weight excluding hydrogens is 184 g/mol. The minimum Gasteiger partial charge on any atom is -0.497 e. The number of methoxy groups -OCH3 is 1. The van der Waals surface area contributed by atoms with Crippen LogP contribution in [0.1, 0.15) is 39.2 Å². The fourth-order valence-corrected chi connectivity index (χ4v) is 2.10. The maximum atomic E-state index is 5.23. The molecule has 0 amide bonds. The molecule has 0 heterocycles. The molecule has 0 aliphatic carbocycles. The highest BCUT2D eigenvalue weighted by Gasteiger charge is 2.17. The van der Waals surface area contributed by atoms with Gasteiger partial charge in [0.05, 0.1) is 7.11 Å². The number of ether oxygens (including phenoxy) is 1. The lowest BCUT2D eigenvalue weighted by Gasteiger charge is -2.24. The van der Waals surface area contributed by atoms with Gasteiger partial charge in [0.15, 0.2) is 0 Å². The van der Waals surface area contributed by atoms with Crippen molar-refractivity contribution in [2.24, 2.45) is 5.41 Å². The van der Waals surface area contributed by atoms with Crippen molar-refractivity contribution in [1.29, 1.82) is 0 Å². The Morgan fingerprint density at radius 3 is 2.60 bits per heavy atom. The summed E-state index contributed by atoms with van der Waals surface area (Å²) in [5, 5.41) is 0. The third kappa shape index (κ3) is 3.94. The van der Waals surface area contributed by atoms with Crippen LogP contribution in [-0.4, -0.2) is 7.11 Å². The van der Waals surface area contributed by atoms with Crippen LogP contribution < -0.4 is 4.74 Å². The van der Waals surface area contributed by atoms with Gasteiger partial charge in [-0.25, -0.2) is 0 Å². The van der Waals surface area contributed by atoms with Crippen LogP contribution in [0.4, 0.5) is 0 Å². The molecule has 0 atom stereocenters. The molecule has 0 aliphatic heterocycles. The molecule has 1 aromatic carbocycles. The highest BCUT2D eigenvalue weighted by molar-refractivity contribution is 5.29. The molecule has 0 bridgehead atoms. The van der Waals surface area contributed by atoms with E-state index in [1.54, 1.807) is 7.11 Å². The van der Waals surface area contributed by atoms with Crippen LogP contribution in [0.5, 0.6) is 5.75 Å². The third-order valence-corrected chi connectivity index (χ3v) is 2.74. The summed E-state index contributed by atoms with van der Waals surface area (Å²) in [4.78, 5) is 0. The van der Waals surface area contributed by atoms with Crippen molar-refractivity contribution in [1.82, 2.24) is 0 Å². The summed E-state index contributed by atoms with van der Waals surface area (Å²) in [6.45, 7) is 6.90. The molecule has 1 nitrogen and oxygen atoms in total. The van der Waals surface area contributed by atoms with Crippen LogP contribution >= 0.6 is 0 Å². The van der Waals surface area contributed by atoms with Gasteiger partial charge in [-0.15, -0.1) is 0 Å². The van der Waals surface area contributed by atoms with Crippen molar-refractivity contribution >= 4 is 0 Å². The van der Waals surface area contributed by atoms with Crippen molar-refractivity contribution in [3.63, 3.8) is 0 Å². The first-order valence-electron chi connectivity index (χ1n) is 5.70. The predicted molar refractivity (Wildman–Crippen MR) is 65.4 cm³/mol. The highest BCUT2D eigenvalue weighted by Crippen LogP contribution is 2.28. The Bertz CT molecular complexity index is 302. The average molecular weight is 206 g/mol. The molecule has 0 fully saturated rings. The van der Waals surface area contributed by atoms with E-state index in [-0.39, 0.29) is 0 Å². The van der Waals surface area contributed by atoms with Crippen molar-refractivity contribution < 1.29 is 4.74 Å². The van der Waals surface area contributed by atoms with Crippen LogP contribution in [0.15, 0.2) is 24.3 Å². The van der Waals surface area contributed by atoms with Gasteiger partial charge in [-0.05, 0) is 36.0 Å². The van der Waals surface area contributed by atoms with Gasteiger partial charge >= 0.3 is 0 Å². The maximum Gasteiger partial charge on any atom is 0.119 e. The Morgan fingerprint density at radius 1 is 1.27 bits per heavy atom. The minimum atomic E-state index is 0.390. The minimum absolute atomic E-state index is 0.390. The summed E-state index contributed by atoms with van der Waals surface area (Å²) < 4.78 is 5.23. The maximum absolute atomic E-state index is 5.23. The van der Waals surface area contributed by atoms with Crippen LogP contribution in [0, 0.1) is 5.41 Å². The first kappa shape index (κ1) is 12.1. The quantitative estimate of drug-likeness (QED) is 0.705. The topological polar surface area (TPSA) is 9.23 Å². The van der Waals surface area contributed by atoms with Gasteiger partial charge in [0.2, 0.25) is 0 Å². The Balaban J connectivity index is 2.71. The lowest BCUT2D eigenvalue weighted by molar-refractivity contribution is 0.328. The van der Waals surface area contributed by atoms with E-state index >= 15 is 0 Å². The van der Waals surface area contributed by atoms with Gasteiger partial charge in [0, 0.05) is 0 Å². The van der Waals surface area contributed by atoms with Gasteiger partial charge in [-0.1, -0.05) is 39.3 Å². The lowest BCUT2D eigenvalue weighted by Crippen LogP contribution is -2.14. The standard InChI is InChI=1S/C14H22O/c1-5-9-14(2,3)11-12-7-6-8-13(10-12)15-4/h6-8,10H,5,9,11H2,1-4H3. The summed E-state index contributed by atoms with van der Waals surface area (Å²) in [7, 11) is 1.72. The summed E-state index contributed by atoms with van der Waals surface area (Å²) in [6, 6.07) is 8.38. The number of benzene rings is 1. The predicted octanol–water partition coefficient (Wildman–Crippen LogP) is 4.06. The molecule has 84 valence electrons. The van der Waals surface area contributed by atoms with Crippen LogP contribution in [0.25, 0.3) is 0 Å². The Hall–Kier alpha value is -0.980. The normalized spacial score (nSPS) is 11.5. The lowest BCUT2D eigenvalue weighted by atomic mass is 9.82. The van der Waals surface area contributed by atoms with Crippen LogP contribution in [0.3, 0.4) is 0 Å². The van der Waals surface area contributed by atoms with Gasteiger partial charge in [0.25, 0.3) is 0 Å². The van der Waals surface area contributed by atoms with E-state index in [0.29, 0.717) is 5.41 Å². The summed E-state index contributed by atoms with van der Waals surface area (Å²) in [5.74, 6) is 0.958. The fraction of sp³-hybridized carbons (Fsp3) is 0.571. The Kier molecular flexibility index (Phi) is 4.19. The molecular formula is C14H22O. The molecule has 0 spiro atoms. The summed E-state index contributed by atoms with van der Waals surface area (Å²) in [5.41, 5.74) is 1.76. The number of hydrogen-bond acceptors (Lipinski definition) is 1. The zero-order valence-electron chi connectivity index (χ0n) is 10.3. The zero-order chi connectivity index (χ0) is 11.3. The molecule has 0 aliphatic rings. The molecule has 1 aromatic rings. The van der Waals surface area contributed by atoms with Gasteiger partial charge in [0.1, 0.15) is 5.75 Å². The summed E-state index contributed by atoms with van der Waals surface area (Å²) >= 11 is 0. The molecule has 0 N–H and O–H groups in total. The molecule has 1 heteroatoms. The molecule has 0 radical (unpaired) electrons. The Labute approximate surface area is 93.5 Å². The number of rotatable bonds is 5. The molecule has 15 heavy (non-hydrogen) atoms. The van der Waals surface area contributed by atoms with E-state index in [0.717, 1.165) is 12.2 Å². The van der Waals surface area contributed by atoms with Crippen molar-refractivity contribution in [3.8, 4) is 5.75 Å². The highest BCUT2D eigenvalue weighted by atomic mass is 16.5. The van der Waals surface area contributed by atoms with E-state index in [2.05, 4.69) is 39.0 Å². The smallest absolute Gasteiger partial charge is 0.119 e. The fourth-order valence-electron chi connectivity index (χ4n) is 2.10. The zero-order valence-corrected chi connectivity index (χ0v) is 10.3. The van der Waals surface area contributed by atoms with Gasteiger partial charge < -0.3 is 4.74 Å². The van der Waals surface area contributed by atoms with Gasteiger partial charge in [-0.2, -0.15) is 0 Å². The average Bonchev–Trinajstić information content (AvgIpc) is 2.17. The second-order valence-electron chi connectivity index (χ2n) is 4.94. The van der Waals surface area contributed by atoms with E-state index in [1.807, 2.05) is 6.07 Å². The second kappa shape index (κ2) is 5.20. The third-order valence-electron chi connectivity index (χ3n) is 2.74. The second-order valence-corrected chi connectivity index (χ2v) is 4.94. The van der Waals surface area contributed by atoms with Crippen LogP contribution in [0.2, 0.25) is 0 Å². The van der Waals surface area contributed by atoms with E-state index in [4.69, 9.17) is 4.74 Å². The first-order chi connectivity index (χ1) is 7.07. The molecule has 0 saturated carbocycles. The molecule has 1 rings (SSSR count). The molecule has 0 unspecified atom stereocenters.